The van der Waals surface area contributed by atoms with Gasteiger partial charge in [-0.2, -0.15) is 5.10 Å². The molecule has 0 saturated carbocycles. The standard InChI is InChI=1S/C24H22N4O3S/c1-15(24(30)26-19-6-4-5-18(13-19)22-14-32-16(2)25-22)28-23(29)12-11-21(27-28)17-7-9-20(31-3)10-8-17/h4-15H,1-3H3,(H,26,30). The lowest BCUT2D eigenvalue weighted by Gasteiger charge is -2.15. The molecule has 7 nitrogen and oxygen atoms in total. The molecule has 1 amide bonds. The predicted molar refractivity (Wildman–Crippen MR) is 126 cm³/mol. The van der Waals surface area contributed by atoms with Crippen LogP contribution in [0.15, 0.2) is 70.8 Å². The lowest BCUT2D eigenvalue weighted by Crippen LogP contribution is -2.33. The van der Waals surface area contributed by atoms with Gasteiger partial charge in [0.2, 0.25) is 5.91 Å². The molecule has 2 aromatic carbocycles. The smallest absolute Gasteiger partial charge is 0.267 e. The molecule has 0 bridgehead atoms. The second-order valence-electron chi connectivity index (χ2n) is 7.23. The zero-order valence-corrected chi connectivity index (χ0v) is 18.7. The first kappa shape index (κ1) is 21.5. The Kier molecular flexibility index (Phi) is 6.13. The van der Waals surface area contributed by atoms with Crippen LogP contribution >= 0.6 is 11.3 Å². The molecule has 0 fully saturated rings. The van der Waals surface area contributed by atoms with E-state index in [1.165, 1.54) is 10.7 Å². The second-order valence-corrected chi connectivity index (χ2v) is 8.29. The van der Waals surface area contributed by atoms with Gasteiger partial charge in [0, 0.05) is 28.3 Å². The Hall–Kier alpha value is -3.78. The summed E-state index contributed by atoms with van der Waals surface area (Å²) in [7, 11) is 1.60. The maximum atomic E-state index is 12.9. The zero-order chi connectivity index (χ0) is 22.7. The molecule has 0 radical (unpaired) electrons. The summed E-state index contributed by atoms with van der Waals surface area (Å²) in [6.45, 7) is 3.60. The molecule has 0 spiro atoms. The van der Waals surface area contributed by atoms with Crippen LogP contribution in [0.25, 0.3) is 22.5 Å². The molecule has 1 atom stereocenters. The van der Waals surface area contributed by atoms with Gasteiger partial charge in [-0.25, -0.2) is 9.67 Å². The average Bonchev–Trinajstić information content (AvgIpc) is 3.25. The van der Waals surface area contributed by atoms with E-state index in [0.717, 1.165) is 27.6 Å². The molecule has 0 saturated heterocycles. The first-order chi connectivity index (χ1) is 15.4. The monoisotopic (exact) mass is 446 g/mol. The Balaban J connectivity index is 1.55. The highest BCUT2D eigenvalue weighted by molar-refractivity contribution is 7.09. The SMILES string of the molecule is COc1ccc(-c2ccc(=O)n(C(C)C(=O)Nc3cccc(-c4csc(C)n4)c3)n2)cc1. The molecule has 2 aromatic heterocycles. The van der Waals surface area contributed by atoms with Crippen molar-refractivity contribution in [3.8, 4) is 28.3 Å². The van der Waals surface area contributed by atoms with Crippen molar-refractivity contribution in [1.29, 1.82) is 0 Å². The first-order valence-electron chi connectivity index (χ1n) is 10.0. The van der Waals surface area contributed by atoms with Gasteiger partial charge in [0.05, 0.1) is 23.5 Å². The summed E-state index contributed by atoms with van der Waals surface area (Å²) < 4.78 is 6.38. The lowest BCUT2D eigenvalue weighted by atomic mass is 10.1. The van der Waals surface area contributed by atoms with Crippen LogP contribution in [-0.4, -0.2) is 27.8 Å². The van der Waals surface area contributed by atoms with Gasteiger partial charge in [0.1, 0.15) is 11.8 Å². The fraction of sp³-hybridized carbons (Fsp3) is 0.167. The fourth-order valence-electron chi connectivity index (χ4n) is 3.23. The normalized spacial score (nSPS) is 11.7. The van der Waals surface area contributed by atoms with Gasteiger partial charge in [0.15, 0.2) is 0 Å². The van der Waals surface area contributed by atoms with Crippen LogP contribution in [0.4, 0.5) is 5.69 Å². The van der Waals surface area contributed by atoms with E-state index in [1.807, 2.05) is 54.8 Å². The average molecular weight is 447 g/mol. The molecule has 0 aliphatic rings. The molecule has 0 aliphatic carbocycles. The minimum atomic E-state index is -0.800. The van der Waals surface area contributed by atoms with Gasteiger partial charge in [0.25, 0.3) is 5.56 Å². The Labute approximate surface area is 189 Å². The van der Waals surface area contributed by atoms with E-state index in [-0.39, 0.29) is 11.5 Å². The fourth-order valence-corrected chi connectivity index (χ4v) is 3.85. The van der Waals surface area contributed by atoms with Crippen molar-refractivity contribution in [2.75, 3.05) is 12.4 Å². The molecular formula is C24H22N4O3S. The lowest BCUT2D eigenvalue weighted by molar-refractivity contribution is -0.119. The van der Waals surface area contributed by atoms with Crippen LogP contribution in [0, 0.1) is 6.92 Å². The molecule has 4 rings (SSSR count). The number of hydrogen-bond acceptors (Lipinski definition) is 6. The topological polar surface area (TPSA) is 86.1 Å². The van der Waals surface area contributed by atoms with Crippen molar-refractivity contribution in [2.45, 2.75) is 19.9 Å². The number of carbonyl (C=O) groups is 1. The van der Waals surface area contributed by atoms with Crippen LogP contribution in [-0.2, 0) is 4.79 Å². The summed E-state index contributed by atoms with van der Waals surface area (Å²) in [6.07, 6.45) is 0. The van der Waals surface area contributed by atoms with Gasteiger partial charge in [-0.1, -0.05) is 12.1 Å². The number of methoxy groups -OCH3 is 1. The minimum absolute atomic E-state index is 0.335. The number of nitrogens with zero attached hydrogens (tertiary/aromatic N) is 3. The van der Waals surface area contributed by atoms with Gasteiger partial charge >= 0.3 is 0 Å². The highest BCUT2D eigenvalue weighted by Gasteiger charge is 2.18. The highest BCUT2D eigenvalue weighted by Crippen LogP contribution is 2.25. The number of carbonyl (C=O) groups excluding carboxylic acids is 1. The van der Waals surface area contributed by atoms with Crippen molar-refractivity contribution < 1.29 is 9.53 Å². The summed E-state index contributed by atoms with van der Waals surface area (Å²) in [4.78, 5) is 29.8. The number of ether oxygens (including phenoxy) is 1. The molecule has 1 N–H and O–H groups in total. The maximum absolute atomic E-state index is 12.9. The van der Waals surface area contributed by atoms with Crippen LogP contribution < -0.4 is 15.6 Å². The number of anilines is 1. The summed E-state index contributed by atoms with van der Waals surface area (Å²) in [5.74, 6) is 0.392. The number of nitrogens with one attached hydrogen (secondary N) is 1. The van der Waals surface area contributed by atoms with E-state index in [2.05, 4.69) is 15.4 Å². The van der Waals surface area contributed by atoms with Gasteiger partial charge < -0.3 is 10.1 Å². The third-order valence-electron chi connectivity index (χ3n) is 5.00. The van der Waals surface area contributed by atoms with Crippen LogP contribution in [0.3, 0.4) is 0 Å². The van der Waals surface area contributed by atoms with E-state index in [9.17, 15) is 9.59 Å². The molecule has 2 heterocycles. The Morgan fingerprint density at radius 3 is 2.53 bits per heavy atom. The van der Waals surface area contributed by atoms with Crippen molar-refractivity contribution in [1.82, 2.24) is 14.8 Å². The van der Waals surface area contributed by atoms with E-state index >= 15 is 0 Å². The molecule has 32 heavy (non-hydrogen) atoms. The van der Waals surface area contributed by atoms with Crippen LogP contribution in [0.2, 0.25) is 0 Å². The summed E-state index contributed by atoms with van der Waals surface area (Å²) in [6, 6.07) is 17.1. The predicted octanol–water partition coefficient (Wildman–Crippen LogP) is 4.55. The van der Waals surface area contributed by atoms with Gasteiger partial charge in [-0.05, 0) is 56.3 Å². The molecule has 4 aromatic rings. The molecule has 1 unspecified atom stereocenters. The number of amides is 1. The van der Waals surface area contributed by atoms with Crippen molar-refractivity contribution in [3.05, 3.63) is 81.4 Å². The number of rotatable bonds is 6. The Bertz CT molecular complexity index is 1310. The largest absolute Gasteiger partial charge is 0.497 e. The number of hydrogen-bond donors (Lipinski definition) is 1. The van der Waals surface area contributed by atoms with E-state index in [4.69, 9.17) is 4.74 Å². The van der Waals surface area contributed by atoms with Crippen LogP contribution in [0.5, 0.6) is 5.75 Å². The molecular weight excluding hydrogens is 424 g/mol. The Morgan fingerprint density at radius 1 is 1.06 bits per heavy atom. The summed E-state index contributed by atoms with van der Waals surface area (Å²) >= 11 is 1.57. The molecule has 0 aliphatic heterocycles. The van der Waals surface area contributed by atoms with Gasteiger partial charge in [-0.15, -0.1) is 11.3 Å². The van der Waals surface area contributed by atoms with Crippen molar-refractivity contribution in [3.63, 3.8) is 0 Å². The van der Waals surface area contributed by atoms with Crippen molar-refractivity contribution >= 4 is 22.9 Å². The van der Waals surface area contributed by atoms with Gasteiger partial charge in [-0.3, -0.25) is 9.59 Å². The quantitative estimate of drug-likeness (QED) is 0.470. The highest BCUT2D eigenvalue weighted by atomic mass is 32.1. The van der Waals surface area contributed by atoms with E-state index in [0.29, 0.717) is 11.4 Å². The number of thiazole rings is 1. The third kappa shape index (κ3) is 4.60. The minimum Gasteiger partial charge on any atom is -0.497 e. The second kappa shape index (κ2) is 9.15. The van der Waals surface area contributed by atoms with E-state index in [1.54, 1.807) is 37.5 Å². The molecule has 8 heteroatoms. The van der Waals surface area contributed by atoms with E-state index < -0.39 is 6.04 Å². The molecule has 162 valence electrons. The maximum Gasteiger partial charge on any atom is 0.267 e. The third-order valence-corrected chi connectivity index (χ3v) is 5.78. The zero-order valence-electron chi connectivity index (χ0n) is 17.9. The summed E-state index contributed by atoms with van der Waals surface area (Å²) in [5, 5.41) is 10.3. The van der Waals surface area contributed by atoms with Crippen LogP contribution in [0.1, 0.15) is 18.0 Å². The first-order valence-corrected chi connectivity index (χ1v) is 10.9. The summed E-state index contributed by atoms with van der Waals surface area (Å²) in [5.41, 5.74) is 3.46. The number of benzene rings is 2. The van der Waals surface area contributed by atoms with Crippen molar-refractivity contribution in [2.24, 2.45) is 0 Å². The Morgan fingerprint density at radius 2 is 1.84 bits per heavy atom. The number of aromatic nitrogens is 3. The number of aryl methyl sites for hydroxylation is 1.